The average Bonchev–Trinajstić information content (AvgIpc) is 3.06. The lowest BCUT2D eigenvalue weighted by atomic mass is 10.1. The normalized spacial score (nSPS) is 38.5. The first-order chi connectivity index (χ1) is 9.40. The van der Waals surface area contributed by atoms with Gasteiger partial charge in [-0.05, 0) is 38.6 Å². The van der Waals surface area contributed by atoms with Crippen molar-refractivity contribution in [2.24, 2.45) is 0 Å². The summed E-state index contributed by atoms with van der Waals surface area (Å²) < 4.78 is 50.1. The lowest BCUT2D eigenvalue weighted by molar-refractivity contribution is 0.319. The van der Waals surface area contributed by atoms with Gasteiger partial charge in [-0.2, -0.15) is 4.31 Å². The smallest absolute Gasteiger partial charge is 0.218 e. The minimum absolute atomic E-state index is 0.0110. The highest BCUT2D eigenvalue weighted by Crippen LogP contribution is 2.31. The Hall–Kier alpha value is -0.180. The highest BCUT2D eigenvalue weighted by Gasteiger charge is 2.46. The van der Waals surface area contributed by atoms with E-state index in [1.54, 1.807) is 4.31 Å². The second kappa shape index (κ2) is 5.23. The zero-order valence-electron chi connectivity index (χ0n) is 11.5. The second-order valence-corrected chi connectivity index (χ2v) is 10.5. The van der Waals surface area contributed by atoms with Crippen molar-refractivity contribution in [1.29, 1.82) is 0 Å². The topological polar surface area (TPSA) is 83.5 Å². The van der Waals surface area contributed by atoms with Crippen LogP contribution < -0.4 is 5.32 Å². The van der Waals surface area contributed by atoms with Gasteiger partial charge in [0.15, 0.2) is 9.84 Å². The predicted molar refractivity (Wildman–Crippen MR) is 76.7 cm³/mol. The van der Waals surface area contributed by atoms with Crippen LogP contribution in [0, 0.1) is 0 Å². The number of sulfonamides is 1. The number of nitrogens with zero attached hydrogens (tertiary/aromatic N) is 1. The third kappa shape index (κ3) is 2.63. The fourth-order valence-corrected chi connectivity index (χ4v) is 8.53. The first-order valence-electron chi connectivity index (χ1n) is 7.35. The molecule has 1 N–H and O–H groups in total. The Kier molecular flexibility index (Phi) is 3.85. The predicted octanol–water partition coefficient (Wildman–Crippen LogP) is -0.280. The quantitative estimate of drug-likeness (QED) is 0.773. The van der Waals surface area contributed by atoms with Crippen molar-refractivity contribution in [2.75, 3.05) is 24.6 Å². The van der Waals surface area contributed by atoms with E-state index >= 15 is 0 Å². The van der Waals surface area contributed by atoms with Crippen LogP contribution in [0.5, 0.6) is 0 Å². The van der Waals surface area contributed by atoms with E-state index in [0.29, 0.717) is 6.54 Å². The Bertz CT molecular complexity index is 566. The fraction of sp³-hybridized carbons (Fsp3) is 1.00. The van der Waals surface area contributed by atoms with Crippen LogP contribution in [0.4, 0.5) is 0 Å². The van der Waals surface area contributed by atoms with E-state index in [2.05, 4.69) is 5.32 Å². The molecule has 3 heterocycles. The molecule has 8 heteroatoms. The van der Waals surface area contributed by atoms with Crippen LogP contribution in [0.1, 0.15) is 32.1 Å². The molecule has 0 bridgehead atoms. The van der Waals surface area contributed by atoms with Gasteiger partial charge in [-0.15, -0.1) is 0 Å². The Morgan fingerprint density at radius 1 is 1.10 bits per heavy atom. The van der Waals surface area contributed by atoms with E-state index in [-0.39, 0.29) is 30.0 Å². The molecule has 0 spiro atoms. The maximum Gasteiger partial charge on any atom is 0.218 e. The van der Waals surface area contributed by atoms with E-state index in [0.717, 1.165) is 32.2 Å². The molecule has 0 aliphatic carbocycles. The largest absolute Gasteiger partial charge is 0.312 e. The lowest BCUT2D eigenvalue weighted by Crippen LogP contribution is -2.49. The van der Waals surface area contributed by atoms with Crippen molar-refractivity contribution < 1.29 is 16.8 Å². The number of sulfone groups is 1. The summed E-state index contributed by atoms with van der Waals surface area (Å²) in [6, 6.07) is 0.260. The van der Waals surface area contributed by atoms with Gasteiger partial charge in [-0.1, -0.05) is 0 Å². The SMILES string of the molecule is O=S1(=O)CCC(S(=O)(=O)N2CCCC2C2CCCN2)C1. The molecule has 3 fully saturated rings. The molecular formula is C12H22N2O4S2. The Balaban J connectivity index is 1.79. The van der Waals surface area contributed by atoms with E-state index < -0.39 is 25.1 Å². The van der Waals surface area contributed by atoms with Gasteiger partial charge in [0.05, 0.1) is 16.8 Å². The van der Waals surface area contributed by atoms with Crippen molar-refractivity contribution in [1.82, 2.24) is 9.62 Å². The first-order valence-corrected chi connectivity index (χ1v) is 10.7. The van der Waals surface area contributed by atoms with Gasteiger partial charge in [0.2, 0.25) is 10.0 Å². The highest BCUT2D eigenvalue weighted by molar-refractivity contribution is 7.95. The van der Waals surface area contributed by atoms with E-state index in [4.69, 9.17) is 0 Å². The zero-order chi connectivity index (χ0) is 14.4. The molecule has 6 nitrogen and oxygen atoms in total. The summed E-state index contributed by atoms with van der Waals surface area (Å²) >= 11 is 0. The zero-order valence-corrected chi connectivity index (χ0v) is 13.1. The number of rotatable bonds is 3. The molecular weight excluding hydrogens is 300 g/mol. The van der Waals surface area contributed by atoms with Gasteiger partial charge in [0, 0.05) is 18.6 Å². The van der Waals surface area contributed by atoms with Crippen molar-refractivity contribution in [3.05, 3.63) is 0 Å². The van der Waals surface area contributed by atoms with Crippen LogP contribution in [0.25, 0.3) is 0 Å². The van der Waals surface area contributed by atoms with Crippen LogP contribution in [0.15, 0.2) is 0 Å². The second-order valence-electron chi connectivity index (χ2n) is 6.09. The summed E-state index contributed by atoms with van der Waals surface area (Å²) in [6.45, 7) is 1.49. The standard InChI is InChI=1S/C12H22N2O4S2/c15-19(16)8-5-10(9-19)20(17,18)14-7-2-4-12(14)11-3-1-6-13-11/h10-13H,1-9H2. The van der Waals surface area contributed by atoms with Crippen molar-refractivity contribution in [2.45, 2.75) is 49.4 Å². The maximum atomic E-state index is 12.7. The van der Waals surface area contributed by atoms with Crippen molar-refractivity contribution in [3.63, 3.8) is 0 Å². The summed E-state index contributed by atoms with van der Waals surface area (Å²) in [5.41, 5.74) is 0. The number of nitrogens with one attached hydrogen (secondary N) is 1. The monoisotopic (exact) mass is 322 g/mol. The van der Waals surface area contributed by atoms with Crippen LogP contribution in [-0.4, -0.2) is 63.1 Å². The van der Waals surface area contributed by atoms with Crippen molar-refractivity contribution >= 4 is 19.9 Å². The summed E-state index contributed by atoms with van der Waals surface area (Å²) in [5.74, 6) is -0.187. The summed E-state index contributed by atoms with van der Waals surface area (Å²) in [7, 11) is -6.65. The summed E-state index contributed by atoms with van der Waals surface area (Å²) in [6.07, 6.45) is 4.12. The molecule has 116 valence electrons. The summed E-state index contributed by atoms with van der Waals surface area (Å²) in [4.78, 5) is 0. The van der Waals surface area contributed by atoms with Gasteiger partial charge in [-0.3, -0.25) is 0 Å². The maximum absolute atomic E-state index is 12.7. The van der Waals surface area contributed by atoms with Crippen LogP contribution in [-0.2, 0) is 19.9 Å². The molecule has 0 aromatic rings. The molecule has 3 saturated heterocycles. The minimum Gasteiger partial charge on any atom is -0.312 e. The molecule has 3 aliphatic heterocycles. The molecule has 0 amide bonds. The number of hydrogen-bond acceptors (Lipinski definition) is 5. The van der Waals surface area contributed by atoms with Gasteiger partial charge < -0.3 is 5.32 Å². The van der Waals surface area contributed by atoms with Gasteiger partial charge >= 0.3 is 0 Å². The Labute approximate surface area is 120 Å². The van der Waals surface area contributed by atoms with Gasteiger partial charge in [0.25, 0.3) is 0 Å². The van der Waals surface area contributed by atoms with Crippen LogP contribution >= 0.6 is 0 Å². The number of hydrogen-bond donors (Lipinski definition) is 1. The molecule has 3 unspecified atom stereocenters. The average molecular weight is 322 g/mol. The molecule has 3 rings (SSSR count). The molecule has 20 heavy (non-hydrogen) atoms. The molecule has 0 aromatic carbocycles. The Morgan fingerprint density at radius 2 is 1.90 bits per heavy atom. The van der Waals surface area contributed by atoms with Crippen LogP contribution in [0.3, 0.4) is 0 Å². The molecule has 0 aromatic heterocycles. The molecule has 3 atom stereocenters. The first kappa shape index (κ1) is 14.7. The lowest BCUT2D eigenvalue weighted by Gasteiger charge is -2.30. The van der Waals surface area contributed by atoms with Crippen molar-refractivity contribution in [3.8, 4) is 0 Å². The minimum atomic E-state index is -3.48. The third-order valence-electron chi connectivity index (χ3n) is 4.75. The van der Waals surface area contributed by atoms with E-state index in [1.807, 2.05) is 0 Å². The van der Waals surface area contributed by atoms with Gasteiger partial charge in [-0.25, -0.2) is 16.8 Å². The van der Waals surface area contributed by atoms with E-state index in [9.17, 15) is 16.8 Å². The van der Waals surface area contributed by atoms with Gasteiger partial charge in [0.1, 0.15) is 0 Å². The molecule has 0 saturated carbocycles. The Morgan fingerprint density at radius 3 is 2.50 bits per heavy atom. The highest BCUT2D eigenvalue weighted by atomic mass is 32.2. The fourth-order valence-electron chi connectivity index (χ4n) is 3.71. The summed E-state index contributed by atoms with van der Waals surface area (Å²) in [5, 5.41) is 2.66. The molecule has 3 aliphatic rings. The van der Waals surface area contributed by atoms with E-state index in [1.165, 1.54) is 0 Å². The molecule has 0 radical (unpaired) electrons. The van der Waals surface area contributed by atoms with Crippen LogP contribution in [0.2, 0.25) is 0 Å². The third-order valence-corrected chi connectivity index (χ3v) is 9.08.